The molecule has 1 N–H and O–H groups in total. The quantitative estimate of drug-likeness (QED) is 0.714. The zero-order chi connectivity index (χ0) is 15.9. The Hall–Kier alpha value is -1.75. The van der Waals surface area contributed by atoms with E-state index in [4.69, 9.17) is 34.8 Å². The predicted octanol–water partition coefficient (Wildman–Crippen LogP) is 4.86. The Kier molecular flexibility index (Phi) is 4.00. The number of fused-ring (bicyclic) bond motifs is 1. The largest absolute Gasteiger partial charge is 0.321 e. The van der Waals surface area contributed by atoms with Gasteiger partial charge in [0.05, 0.1) is 15.7 Å². The van der Waals surface area contributed by atoms with E-state index in [1.165, 1.54) is 0 Å². The molecule has 2 heterocycles. The van der Waals surface area contributed by atoms with E-state index in [9.17, 15) is 4.79 Å². The van der Waals surface area contributed by atoms with Crippen LogP contribution in [0, 0.1) is 6.92 Å². The first-order valence-electron chi connectivity index (χ1n) is 6.36. The number of benzene rings is 1. The number of aromatic nitrogens is 2. The van der Waals surface area contributed by atoms with E-state index in [1.54, 1.807) is 47.9 Å². The van der Waals surface area contributed by atoms with Crippen molar-refractivity contribution in [1.82, 2.24) is 9.38 Å². The molecule has 0 fully saturated rings. The maximum Gasteiger partial charge on any atom is 0.274 e. The van der Waals surface area contributed by atoms with E-state index < -0.39 is 0 Å². The Labute approximate surface area is 141 Å². The predicted molar refractivity (Wildman–Crippen MR) is 89.4 cm³/mol. The maximum absolute atomic E-state index is 12.5. The topological polar surface area (TPSA) is 46.4 Å². The molecule has 0 spiro atoms. The van der Waals surface area contributed by atoms with Crippen LogP contribution in [-0.4, -0.2) is 15.3 Å². The standard InChI is InChI=1S/C15H10Cl3N3O/c1-8-13(15(22)20-11-4-2-3-9(16)5-11)21-7-10(17)6-12(18)14(21)19-8/h2-7H,1H3,(H,20,22). The van der Waals surface area contributed by atoms with Crippen molar-refractivity contribution in [2.45, 2.75) is 6.92 Å². The van der Waals surface area contributed by atoms with Crippen molar-refractivity contribution in [3.63, 3.8) is 0 Å². The number of hydrogen-bond acceptors (Lipinski definition) is 2. The lowest BCUT2D eigenvalue weighted by molar-refractivity contribution is 0.102. The van der Waals surface area contributed by atoms with Gasteiger partial charge in [-0.3, -0.25) is 9.20 Å². The summed E-state index contributed by atoms with van der Waals surface area (Å²) in [5, 5.41) is 4.14. The Bertz CT molecular complexity index is 889. The summed E-state index contributed by atoms with van der Waals surface area (Å²) in [6.07, 6.45) is 1.61. The Morgan fingerprint density at radius 1 is 1.18 bits per heavy atom. The number of rotatable bonds is 2. The number of nitrogens with one attached hydrogen (secondary N) is 1. The molecule has 0 saturated carbocycles. The molecule has 0 atom stereocenters. The monoisotopic (exact) mass is 353 g/mol. The van der Waals surface area contributed by atoms with Crippen molar-refractivity contribution in [3.8, 4) is 0 Å². The van der Waals surface area contributed by atoms with Crippen LogP contribution in [0.15, 0.2) is 36.5 Å². The summed E-state index contributed by atoms with van der Waals surface area (Å²) in [6.45, 7) is 1.74. The zero-order valence-corrected chi connectivity index (χ0v) is 13.7. The number of pyridine rings is 1. The molecule has 1 amide bonds. The van der Waals surface area contributed by atoms with Crippen LogP contribution in [-0.2, 0) is 0 Å². The first-order chi connectivity index (χ1) is 10.5. The average molecular weight is 355 g/mol. The lowest BCUT2D eigenvalue weighted by atomic mass is 10.3. The molecule has 0 radical (unpaired) electrons. The molecule has 3 rings (SSSR count). The molecule has 0 bridgehead atoms. The molecular formula is C15H10Cl3N3O. The summed E-state index contributed by atoms with van der Waals surface area (Å²) >= 11 is 18.0. The fraction of sp³-hybridized carbons (Fsp3) is 0.0667. The van der Waals surface area contributed by atoms with Crippen molar-refractivity contribution in [2.24, 2.45) is 0 Å². The Balaban J connectivity index is 2.06. The summed E-state index contributed by atoms with van der Waals surface area (Å²) in [5.74, 6) is -0.314. The second kappa shape index (κ2) is 5.80. The third-order valence-electron chi connectivity index (χ3n) is 3.11. The van der Waals surface area contributed by atoms with Crippen molar-refractivity contribution < 1.29 is 4.79 Å². The molecule has 0 aliphatic rings. The van der Waals surface area contributed by atoms with Gasteiger partial charge in [-0.2, -0.15) is 0 Å². The van der Waals surface area contributed by atoms with E-state index in [2.05, 4.69) is 10.3 Å². The van der Waals surface area contributed by atoms with Crippen LogP contribution in [0.5, 0.6) is 0 Å². The van der Waals surface area contributed by atoms with E-state index in [0.29, 0.717) is 37.8 Å². The summed E-state index contributed by atoms with van der Waals surface area (Å²) < 4.78 is 1.58. The lowest BCUT2D eigenvalue weighted by Crippen LogP contribution is -2.15. The smallest absolute Gasteiger partial charge is 0.274 e. The number of carbonyl (C=O) groups excluding carboxylic acids is 1. The van der Waals surface area contributed by atoms with Gasteiger partial charge in [-0.25, -0.2) is 4.98 Å². The van der Waals surface area contributed by atoms with Crippen LogP contribution in [0.3, 0.4) is 0 Å². The van der Waals surface area contributed by atoms with Gasteiger partial charge in [-0.05, 0) is 31.2 Å². The van der Waals surface area contributed by atoms with Crippen molar-refractivity contribution in [3.05, 3.63) is 63.0 Å². The number of hydrogen-bond donors (Lipinski definition) is 1. The average Bonchev–Trinajstić information content (AvgIpc) is 2.75. The van der Waals surface area contributed by atoms with Crippen molar-refractivity contribution >= 4 is 52.0 Å². The van der Waals surface area contributed by atoms with E-state index >= 15 is 0 Å². The van der Waals surface area contributed by atoms with Gasteiger partial charge in [0.2, 0.25) is 0 Å². The number of nitrogens with zero attached hydrogens (tertiary/aromatic N) is 2. The highest BCUT2D eigenvalue weighted by atomic mass is 35.5. The van der Waals surface area contributed by atoms with E-state index in [1.807, 2.05) is 0 Å². The number of carbonyl (C=O) groups is 1. The van der Waals surface area contributed by atoms with Gasteiger partial charge in [-0.1, -0.05) is 40.9 Å². The van der Waals surface area contributed by atoms with Crippen molar-refractivity contribution in [1.29, 1.82) is 0 Å². The van der Waals surface area contributed by atoms with Crippen molar-refractivity contribution in [2.75, 3.05) is 5.32 Å². The number of aryl methyl sites for hydroxylation is 1. The first kappa shape index (κ1) is 15.2. The van der Waals surface area contributed by atoms with E-state index in [-0.39, 0.29) is 5.91 Å². The van der Waals surface area contributed by atoms with Gasteiger partial charge >= 0.3 is 0 Å². The minimum Gasteiger partial charge on any atom is -0.321 e. The molecule has 4 nitrogen and oxygen atoms in total. The highest BCUT2D eigenvalue weighted by molar-refractivity contribution is 6.36. The third-order valence-corrected chi connectivity index (χ3v) is 3.83. The maximum atomic E-state index is 12.5. The highest BCUT2D eigenvalue weighted by Gasteiger charge is 2.18. The molecule has 22 heavy (non-hydrogen) atoms. The molecule has 2 aromatic heterocycles. The summed E-state index contributed by atoms with van der Waals surface area (Å²) in [4.78, 5) is 16.9. The fourth-order valence-corrected chi connectivity index (χ4v) is 2.92. The van der Waals surface area contributed by atoms with Gasteiger partial charge in [0.1, 0.15) is 5.69 Å². The molecule has 0 aliphatic heterocycles. The number of halogens is 3. The van der Waals surface area contributed by atoms with Crippen LogP contribution in [0.25, 0.3) is 5.65 Å². The van der Waals surface area contributed by atoms with Gasteiger partial charge in [0, 0.05) is 16.9 Å². The molecular weight excluding hydrogens is 345 g/mol. The lowest BCUT2D eigenvalue weighted by Gasteiger charge is -2.07. The number of imidazole rings is 1. The molecule has 3 aromatic rings. The minimum absolute atomic E-state index is 0.314. The summed E-state index contributed by atoms with van der Waals surface area (Å²) in [6, 6.07) is 8.49. The summed E-state index contributed by atoms with van der Waals surface area (Å²) in [7, 11) is 0. The van der Waals surface area contributed by atoms with Crippen LogP contribution >= 0.6 is 34.8 Å². The second-order valence-electron chi connectivity index (χ2n) is 4.71. The fourth-order valence-electron chi connectivity index (χ4n) is 2.22. The van der Waals surface area contributed by atoms with Gasteiger partial charge in [0.15, 0.2) is 5.65 Å². The van der Waals surface area contributed by atoms with Gasteiger partial charge < -0.3 is 5.32 Å². The minimum atomic E-state index is -0.314. The number of anilines is 1. The Morgan fingerprint density at radius 3 is 2.68 bits per heavy atom. The molecule has 7 heteroatoms. The third kappa shape index (κ3) is 2.77. The van der Waals surface area contributed by atoms with Crippen LogP contribution in [0.4, 0.5) is 5.69 Å². The van der Waals surface area contributed by atoms with Crippen LogP contribution < -0.4 is 5.32 Å². The van der Waals surface area contributed by atoms with Crippen LogP contribution in [0.2, 0.25) is 15.1 Å². The first-order valence-corrected chi connectivity index (χ1v) is 7.49. The normalized spacial score (nSPS) is 10.9. The zero-order valence-electron chi connectivity index (χ0n) is 11.4. The summed E-state index contributed by atoms with van der Waals surface area (Å²) in [5.41, 5.74) is 2.02. The second-order valence-corrected chi connectivity index (χ2v) is 5.99. The van der Waals surface area contributed by atoms with E-state index in [0.717, 1.165) is 0 Å². The van der Waals surface area contributed by atoms with Crippen LogP contribution in [0.1, 0.15) is 16.2 Å². The molecule has 0 aliphatic carbocycles. The molecule has 0 saturated heterocycles. The molecule has 1 aromatic carbocycles. The van der Waals surface area contributed by atoms with Gasteiger partial charge in [-0.15, -0.1) is 0 Å². The highest BCUT2D eigenvalue weighted by Crippen LogP contribution is 2.25. The molecule has 0 unspecified atom stereocenters. The number of amides is 1. The Morgan fingerprint density at radius 2 is 1.95 bits per heavy atom. The SMILES string of the molecule is Cc1nc2c(Cl)cc(Cl)cn2c1C(=O)Nc1cccc(Cl)c1. The molecule has 112 valence electrons. The van der Waals surface area contributed by atoms with Gasteiger partial charge in [0.25, 0.3) is 5.91 Å².